The van der Waals surface area contributed by atoms with Crippen LogP contribution in [0.2, 0.25) is 0 Å². The Kier molecular flexibility index (Phi) is 5.27. The highest BCUT2D eigenvalue weighted by atomic mass is 16.5. The first-order valence-corrected chi connectivity index (χ1v) is 7.13. The smallest absolute Gasteiger partial charge is 0.311 e. The van der Waals surface area contributed by atoms with Crippen LogP contribution >= 0.6 is 0 Å². The third-order valence-electron chi connectivity index (χ3n) is 3.61. The summed E-state index contributed by atoms with van der Waals surface area (Å²) in [6, 6.07) is 5.03. The number of amides is 1. The molecule has 0 saturated carbocycles. The van der Waals surface area contributed by atoms with Crippen LogP contribution in [-0.4, -0.2) is 52.7 Å². The second-order valence-corrected chi connectivity index (χ2v) is 5.13. The van der Waals surface area contributed by atoms with E-state index in [0.717, 1.165) is 6.42 Å². The molecule has 1 fully saturated rings. The number of rotatable bonds is 6. The minimum Gasteiger partial charge on any atom is -0.481 e. The van der Waals surface area contributed by atoms with Crippen molar-refractivity contribution in [2.24, 2.45) is 5.92 Å². The van der Waals surface area contributed by atoms with Crippen molar-refractivity contribution in [1.29, 1.82) is 0 Å². The highest BCUT2D eigenvalue weighted by Gasteiger charge is 2.39. The Morgan fingerprint density at radius 3 is 2.86 bits per heavy atom. The van der Waals surface area contributed by atoms with Crippen molar-refractivity contribution in [2.75, 3.05) is 19.8 Å². The first-order chi connectivity index (χ1) is 10.1. The second-order valence-electron chi connectivity index (χ2n) is 5.13. The molecule has 1 aliphatic rings. The number of pyridine rings is 1. The third-order valence-corrected chi connectivity index (χ3v) is 3.61. The van der Waals surface area contributed by atoms with E-state index in [1.54, 1.807) is 23.2 Å². The highest BCUT2D eigenvalue weighted by molar-refractivity contribution is 5.80. The Bertz CT molecular complexity index is 492. The van der Waals surface area contributed by atoms with E-state index >= 15 is 0 Å². The van der Waals surface area contributed by atoms with Gasteiger partial charge in [-0.1, -0.05) is 13.0 Å². The van der Waals surface area contributed by atoms with Gasteiger partial charge < -0.3 is 14.7 Å². The van der Waals surface area contributed by atoms with E-state index in [-0.39, 0.29) is 25.5 Å². The molecule has 2 atom stereocenters. The predicted molar refractivity (Wildman–Crippen MR) is 75.7 cm³/mol. The van der Waals surface area contributed by atoms with E-state index in [4.69, 9.17) is 4.74 Å². The zero-order chi connectivity index (χ0) is 15.2. The van der Waals surface area contributed by atoms with Crippen LogP contribution < -0.4 is 0 Å². The lowest BCUT2D eigenvalue weighted by Crippen LogP contribution is -2.47. The minimum absolute atomic E-state index is 0.0997. The molecule has 2 rings (SSSR count). The molecule has 2 heterocycles. The summed E-state index contributed by atoms with van der Waals surface area (Å²) in [4.78, 5) is 29.6. The number of carbonyl (C=O) groups excluding carboxylic acids is 1. The lowest BCUT2D eigenvalue weighted by Gasteiger charge is -2.30. The fourth-order valence-corrected chi connectivity index (χ4v) is 2.56. The Morgan fingerprint density at radius 1 is 1.43 bits per heavy atom. The van der Waals surface area contributed by atoms with Gasteiger partial charge in [-0.15, -0.1) is 0 Å². The number of hydrogen-bond donors (Lipinski definition) is 1. The highest BCUT2D eigenvalue weighted by Crippen LogP contribution is 2.21. The molecule has 0 aromatic carbocycles. The summed E-state index contributed by atoms with van der Waals surface area (Å²) in [7, 11) is 0. The quantitative estimate of drug-likeness (QED) is 0.845. The van der Waals surface area contributed by atoms with Gasteiger partial charge in [0, 0.05) is 18.4 Å². The minimum atomic E-state index is -0.913. The fraction of sp³-hybridized carbons (Fsp3) is 0.533. The van der Waals surface area contributed by atoms with E-state index in [2.05, 4.69) is 4.98 Å². The molecule has 2 unspecified atom stereocenters. The summed E-state index contributed by atoms with van der Waals surface area (Å²) < 4.78 is 5.27. The maximum absolute atomic E-state index is 12.5. The Hall–Kier alpha value is -1.95. The summed E-state index contributed by atoms with van der Waals surface area (Å²) in [6.45, 7) is 2.94. The number of aliphatic carboxylic acids is 1. The standard InChI is InChI=1S/C15H20N2O4/c1-2-7-17(13-10-21-9-12(13)15(19)20)14(18)8-11-5-3-4-6-16-11/h3-6,12-13H,2,7-10H2,1H3,(H,19,20). The van der Waals surface area contributed by atoms with E-state index < -0.39 is 17.9 Å². The van der Waals surface area contributed by atoms with Gasteiger partial charge in [-0.05, 0) is 18.6 Å². The van der Waals surface area contributed by atoms with Gasteiger partial charge in [0.1, 0.15) is 5.92 Å². The molecule has 1 aliphatic heterocycles. The van der Waals surface area contributed by atoms with Gasteiger partial charge in [-0.25, -0.2) is 0 Å². The van der Waals surface area contributed by atoms with Gasteiger partial charge in [0.25, 0.3) is 0 Å². The fourth-order valence-electron chi connectivity index (χ4n) is 2.56. The van der Waals surface area contributed by atoms with Crippen molar-refractivity contribution in [3.8, 4) is 0 Å². The molecule has 1 aromatic rings. The number of ether oxygens (including phenoxy) is 1. The zero-order valence-corrected chi connectivity index (χ0v) is 12.1. The SMILES string of the molecule is CCCN(C(=O)Cc1ccccn1)C1COCC1C(=O)O. The first-order valence-electron chi connectivity index (χ1n) is 7.13. The molecule has 6 heteroatoms. The second kappa shape index (κ2) is 7.17. The Morgan fingerprint density at radius 2 is 2.24 bits per heavy atom. The van der Waals surface area contributed by atoms with Crippen molar-refractivity contribution in [3.05, 3.63) is 30.1 Å². The number of carboxylic acid groups (broad SMARTS) is 1. The van der Waals surface area contributed by atoms with Crippen LogP contribution in [0.4, 0.5) is 0 Å². The third kappa shape index (κ3) is 3.78. The molecular formula is C15H20N2O4. The molecule has 1 amide bonds. The lowest BCUT2D eigenvalue weighted by atomic mass is 10.0. The van der Waals surface area contributed by atoms with Gasteiger partial charge in [0.05, 0.1) is 25.7 Å². The summed E-state index contributed by atoms with van der Waals surface area (Å²) in [5.41, 5.74) is 0.689. The maximum Gasteiger partial charge on any atom is 0.311 e. The van der Waals surface area contributed by atoms with E-state index in [9.17, 15) is 14.7 Å². The van der Waals surface area contributed by atoms with Gasteiger partial charge in [0.2, 0.25) is 5.91 Å². The molecule has 0 bridgehead atoms. The summed E-state index contributed by atoms with van der Waals surface area (Å²) in [5.74, 6) is -1.66. The van der Waals surface area contributed by atoms with Gasteiger partial charge in [0.15, 0.2) is 0 Å². The molecule has 1 saturated heterocycles. The number of nitrogens with zero attached hydrogens (tertiary/aromatic N) is 2. The average molecular weight is 292 g/mol. The molecule has 21 heavy (non-hydrogen) atoms. The Labute approximate surface area is 123 Å². The zero-order valence-electron chi connectivity index (χ0n) is 12.1. The van der Waals surface area contributed by atoms with Crippen LogP contribution in [0.25, 0.3) is 0 Å². The molecule has 114 valence electrons. The number of aromatic nitrogens is 1. The van der Waals surface area contributed by atoms with Crippen LogP contribution in [0, 0.1) is 5.92 Å². The number of carbonyl (C=O) groups is 2. The predicted octanol–water partition coefficient (Wildman–Crippen LogP) is 0.962. The number of hydrogen-bond acceptors (Lipinski definition) is 4. The molecule has 0 aliphatic carbocycles. The van der Waals surface area contributed by atoms with Crippen molar-refractivity contribution in [2.45, 2.75) is 25.8 Å². The van der Waals surface area contributed by atoms with E-state index in [1.807, 2.05) is 13.0 Å². The normalized spacial score (nSPS) is 21.2. The average Bonchev–Trinajstić information content (AvgIpc) is 2.95. The van der Waals surface area contributed by atoms with Crippen LogP contribution in [0.3, 0.4) is 0 Å². The van der Waals surface area contributed by atoms with Crippen molar-refractivity contribution in [3.63, 3.8) is 0 Å². The summed E-state index contributed by atoms with van der Waals surface area (Å²) in [5, 5.41) is 9.24. The molecule has 6 nitrogen and oxygen atoms in total. The Balaban J connectivity index is 2.10. The molecule has 1 N–H and O–H groups in total. The van der Waals surface area contributed by atoms with Gasteiger partial charge in [-0.3, -0.25) is 14.6 Å². The molecule has 1 aromatic heterocycles. The monoisotopic (exact) mass is 292 g/mol. The van der Waals surface area contributed by atoms with Crippen molar-refractivity contribution >= 4 is 11.9 Å². The van der Waals surface area contributed by atoms with E-state index in [1.165, 1.54) is 0 Å². The van der Waals surface area contributed by atoms with E-state index in [0.29, 0.717) is 12.2 Å². The van der Waals surface area contributed by atoms with Crippen LogP contribution in [0.1, 0.15) is 19.0 Å². The van der Waals surface area contributed by atoms with Gasteiger partial charge in [-0.2, -0.15) is 0 Å². The molecule has 0 radical (unpaired) electrons. The summed E-state index contributed by atoms with van der Waals surface area (Å²) in [6.07, 6.45) is 2.60. The molecule has 0 spiro atoms. The van der Waals surface area contributed by atoms with Crippen molar-refractivity contribution < 1.29 is 19.4 Å². The largest absolute Gasteiger partial charge is 0.481 e. The van der Waals surface area contributed by atoms with Crippen LogP contribution in [-0.2, 0) is 20.7 Å². The summed E-state index contributed by atoms with van der Waals surface area (Å²) >= 11 is 0. The number of carboxylic acids is 1. The topological polar surface area (TPSA) is 79.7 Å². The first kappa shape index (κ1) is 15.4. The van der Waals surface area contributed by atoms with Gasteiger partial charge >= 0.3 is 5.97 Å². The van der Waals surface area contributed by atoms with Crippen LogP contribution in [0.15, 0.2) is 24.4 Å². The van der Waals surface area contributed by atoms with Crippen LogP contribution in [0.5, 0.6) is 0 Å². The van der Waals surface area contributed by atoms with Crippen molar-refractivity contribution in [1.82, 2.24) is 9.88 Å². The lowest BCUT2D eigenvalue weighted by molar-refractivity contribution is -0.145. The molecular weight excluding hydrogens is 272 g/mol. The maximum atomic E-state index is 12.5.